The second-order valence-corrected chi connectivity index (χ2v) is 5.53. The minimum atomic E-state index is 0.252. The summed E-state index contributed by atoms with van der Waals surface area (Å²) in [7, 11) is 0. The Morgan fingerprint density at radius 1 is 1.23 bits per heavy atom. The summed E-state index contributed by atoms with van der Waals surface area (Å²) >= 11 is 0. The van der Waals surface area contributed by atoms with Gasteiger partial charge in [0.1, 0.15) is 12.1 Å². The summed E-state index contributed by atoms with van der Waals surface area (Å²) in [6.45, 7) is 2.44. The molecule has 4 heterocycles. The molecule has 112 valence electrons. The maximum atomic E-state index is 5.83. The van der Waals surface area contributed by atoms with Crippen LogP contribution in [0.5, 0.6) is 0 Å². The molecule has 0 unspecified atom stereocenters. The van der Waals surface area contributed by atoms with Crippen molar-refractivity contribution >= 4 is 17.2 Å². The van der Waals surface area contributed by atoms with Crippen LogP contribution in [0.4, 0.5) is 11.6 Å². The molecule has 0 bridgehead atoms. The number of nitrogens with one attached hydrogen (secondary N) is 1. The van der Waals surface area contributed by atoms with Gasteiger partial charge in [-0.25, -0.2) is 9.97 Å². The molecule has 1 saturated heterocycles. The zero-order valence-corrected chi connectivity index (χ0v) is 12.1. The van der Waals surface area contributed by atoms with Crippen molar-refractivity contribution in [2.24, 2.45) is 5.73 Å². The molecular formula is C15H17N7. The molecule has 1 fully saturated rings. The molecule has 2 aromatic rings. The summed E-state index contributed by atoms with van der Waals surface area (Å²) in [6, 6.07) is 6.23. The predicted molar refractivity (Wildman–Crippen MR) is 84.9 cm³/mol. The fraction of sp³-hybridized carbons (Fsp3) is 0.267. The van der Waals surface area contributed by atoms with E-state index in [2.05, 4.69) is 31.3 Å². The number of anilines is 2. The minimum Gasteiger partial charge on any atom is -0.353 e. The van der Waals surface area contributed by atoms with Gasteiger partial charge in [0.2, 0.25) is 0 Å². The lowest BCUT2D eigenvalue weighted by molar-refractivity contribution is 0.514. The van der Waals surface area contributed by atoms with Crippen LogP contribution in [0, 0.1) is 0 Å². The van der Waals surface area contributed by atoms with Crippen LogP contribution in [0.2, 0.25) is 0 Å². The third-order valence-corrected chi connectivity index (χ3v) is 3.90. The van der Waals surface area contributed by atoms with Crippen molar-refractivity contribution in [1.29, 1.82) is 0 Å². The van der Waals surface area contributed by atoms with E-state index < -0.39 is 0 Å². The van der Waals surface area contributed by atoms with Crippen molar-refractivity contribution < 1.29 is 0 Å². The Balaban J connectivity index is 1.49. The van der Waals surface area contributed by atoms with Crippen LogP contribution in [-0.4, -0.2) is 40.6 Å². The van der Waals surface area contributed by atoms with E-state index in [1.165, 1.54) is 5.57 Å². The molecule has 2 aliphatic rings. The van der Waals surface area contributed by atoms with Gasteiger partial charge in [0.15, 0.2) is 5.82 Å². The lowest BCUT2D eigenvalue weighted by atomic mass is 10.1. The van der Waals surface area contributed by atoms with Gasteiger partial charge in [-0.3, -0.25) is 9.99 Å². The van der Waals surface area contributed by atoms with Crippen LogP contribution in [0.25, 0.3) is 5.57 Å². The molecule has 2 aromatic heterocycles. The Morgan fingerprint density at radius 3 is 2.86 bits per heavy atom. The van der Waals surface area contributed by atoms with Crippen molar-refractivity contribution in [3.05, 3.63) is 48.7 Å². The fourth-order valence-electron chi connectivity index (χ4n) is 2.65. The van der Waals surface area contributed by atoms with E-state index in [1.807, 2.05) is 29.5 Å². The number of nitrogens with two attached hydrogens (primary N) is 1. The third-order valence-electron chi connectivity index (χ3n) is 3.90. The molecule has 0 saturated carbocycles. The van der Waals surface area contributed by atoms with Crippen LogP contribution < -0.4 is 21.1 Å². The van der Waals surface area contributed by atoms with Gasteiger partial charge in [0, 0.05) is 43.8 Å². The average Bonchev–Trinajstić information content (AvgIpc) is 3.03. The Bertz CT molecular complexity index is 694. The molecular weight excluding hydrogens is 278 g/mol. The quantitative estimate of drug-likeness (QED) is 0.847. The van der Waals surface area contributed by atoms with Gasteiger partial charge in [-0.15, -0.1) is 0 Å². The summed E-state index contributed by atoms with van der Waals surface area (Å²) in [5.41, 5.74) is 11.4. The van der Waals surface area contributed by atoms with Gasteiger partial charge in [-0.05, 0) is 17.2 Å². The lowest BCUT2D eigenvalue weighted by Crippen LogP contribution is -2.56. The van der Waals surface area contributed by atoms with E-state index in [0.29, 0.717) is 0 Å². The molecule has 0 spiro atoms. The Hall–Kier alpha value is -2.67. The van der Waals surface area contributed by atoms with Crippen LogP contribution in [-0.2, 0) is 0 Å². The van der Waals surface area contributed by atoms with Crippen LogP contribution in [0.15, 0.2) is 43.1 Å². The fourth-order valence-corrected chi connectivity index (χ4v) is 2.65. The second kappa shape index (κ2) is 5.27. The number of hydrogen-bond acceptors (Lipinski definition) is 7. The van der Waals surface area contributed by atoms with Crippen molar-refractivity contribution in [1.82, 2.24) is 20.4 Å². The summed E-state index contributed by atoms with van der Waals surface area (Å²) in [6.07, 6.45) is 7.22. The van der Waals surface area contributed by atoms with Crippen molar-refractivity contribution in [2.45, 2.75) is 6.04 Å². The van der Waals surface area contributed by atoms with Gasteiger partial charge >= 0.3 is 0 Å². The Labute approximate surface area is 128 Å². The van der Waals surface area contributed by atoms with Gasteiger partial charge in [0.25, 0.3) is 0 Å². The van der Waals surface area contributed by atoms with Crippen molar-refractivity contribution in [2.75, 3.05) is 29.5 Å². The summed E-state index contributed by atoms with van der Waals surface area (Å²) in [5, 5.41) is 1.99. The monoisotopic (exact) mass is 295 g/mol. The zero-order valence-electron chi connectivity index (χ0n) is 12.1. The smallest absolute Gasteiger partial charge is 0.152 e. The highest BCUT2D eigenvalue weighted by molar-refractivity contribution is 5.72. The molecule has 0 aromatic carbocycles. The highest BCUT2D eigenvalue weighted by Crippen LogP contribution is 2.24. The number of pyridine rings is 1. The molecule has 2 aliphatic heterocycles. The van der Waals surface area contributed by atoms with E-state index in [9.17, 15) is 0 Å². The van der Waals surface area contributed by atoms with Crippen molar-refractivity contribution in [3.8, 4) is 0 Å². The molecule has 3 N–H and O–H groups in total. The van der Waals surface area contributed by atoms with Gasteiger partial charge in [-0.1, -0.05) is 6.07 Å². The minimum absolute atomic E-state index is 0.252. The largest absolute Gasteiger partial charge is 0.353 e. The van der Waals surface area contributed by atoms with E-state index in [1.54, 1.807) is 12.5 Å². The van der Waals surface area contributed by atoms with Crippen LogP contribution in [0.1, 0.15) is 5.56 Å². The number of nitrogens with zero attached hydrogens (tertiary/aromatic N) is 5. The highest BCUT2D eigenvalue weighted by Gasteiger charge is 2.25. The first kappa shape index (κ1) is 13.0. The molecule has 0 radical (unpaired) electrons. The zero-order chi connectivity index (χ0) is 14.9. The first-order valence-electron chi connectivity index (χ1n) is 7.25. The molecule has 0 aliphatic carbocycles. The SMILES string of the molecule is NC1CN(c2cc(N3CC(c4cccnc4)=CN3)ncn2)C1. The summed E-state index contributed by atoms with van der Waals surface area (Å²) in [5.74, 6) is 1.77. The topological polar surface area (TPSA) is 83.2 Å². The molecule has 22 heavy (non-hydrogen) atoms. The van der Waals surface area contributed by atoms with Gasteiger partial charge in [0.05, 0.1) is 6.54 Å². The third kappa shape index (κ3) is 2.35. The van der Waals surface area contributed by atoms with E-state index >= 15 is 0 Å². The first-order valence-corrected chi connectivity index (χ1v) is 7.25. The summed E-state index contributed by atoms with van der Waals surface area (Å²) < 4.78 is 0. The number of hydrazine groups is 1. The van der Waals surface area contributed by atoms with E-state index in [-0.39, 0.29) is 6.04 Å². The Kier molecular flexibility index (Phi) is 3.12. The maximum Gasteiger partial charge on any atom is 0.152 e. The van der Waals surface area contributed by atoms with Crippen molar-refractivity contribution in [3.63, 3.8) is 0 Å². The molecule has 0 atom stereocenters. The second-order valence-electron chi connectivity index (χ2n) is 5.53. The van der Waals surface area contributed by atoms with Crippen LogP contribution in [0.3, 0.4) is 0 Å². The number of rotatable bonds is 3. The molecule has 7 nitrogen and oxygen atoms in total. The normalized spacial score (nSPS) is 18.0. The maximum absolute atomic E-state index is 5.83. The summed E-state index contributed by atoms with van der Waals surface area (Å²) in [4.78, 5) is 15.0. The molecule has 4 rings (SSSR count). The molecule has 7 heteroatoms. The Morgan fingerprint density at radius 2 is 2.09 bits per heavy atom. The van der Waals surface area contributed by atoms with E-state index in [4.69, 9.17) is 5.73 Å². The average molecular weight is 295 g/mol. The molecule has 0 amide bonds. The first-order chi connectivity index (χ1) is 10.8. The van der Waals surface area contributed by atoms with E-state index in [0.717, 1.165) is 36.8 Å². The van der Waals surface area contributed by atoms with Gasteiger partial charge in [-0.2, -0.15) is 0 Å². The lowest BCUT2D eigenvalue weighted by Gasteiger charge is -2.37. The highest BCUT2D eigenvalue weighted by atomic mass is 15.5. The van der Waals surface area contributed by atoms with Gasteiger partial charge < -0.3 is 16.1 Å². The predicted octanol–water partition coefficient (Wildman–Crippen LogP) is 0.385. The standard InChI is InChI=1S/C15H17N7/c16-13-8-21(9-13)14-4-15(19-10-18-14)22-7-12(6-20-22)11-2-1-3-17-5-11/h1-6,10,13,20H,7-9,16H2. The number of aromatic nitrogens is 3. The number of hydrogen-bond donors (Lipinski definition) is 2. The van der Waals surface area contributed by atoms with Crippen LogP contribution >= 0.6 is 0 Å².